The van der Waals surface area contributed by atoms with E-state index in [1.807, 2.05) is 22.0 Å². The number of amides is 1. The molecule has 0 radical (unpaired) electrons. The van der Waals surface area contributed by atoms with Crippen molar-refractivity contribution in [1.82, 2.24) is 14.9 Å². The lowest BCUT2D eigenvalue weighted by Gasteiger charge is -2.10. The maximum atomic E-state index is 12.1. The van der Waals surface area contributed by atoms with Gasteiger partial charge in [0, 0.05) is 11.6 Å². The minimum absolute atomic E-state index is 0.174. The molecule has 3 aromatic heterocycles. The van der Waals surface area contributed by atoms with Crippen molar-refractivity contribution >= 4 is 43.9 Å². The van der Waals surface area contributed by atoms with Gasteiger partial charge in [-0.1, -0.05) is 12.8 Å². The van der Waals surface area contributed by atoms with Crippen LogP contribution in [0.3, 0.4) is 0 Å². The van der Waals surface area contributed by atoms with E-state index >= 15 is 0 Å². The van der Waals surface area contributed by atoms with E-state index in [0.29, 0.717) is 4.88 Å². The highest BCUT2D eigenvalue weighted by molar-refractivity contribution is 7.21. The van der Waals surface area contributed by atoms with Gasteiger partial charge in [0.25, 0.3) is 5.91 Å². The van der Waals surface area contributed by atoms with Crippen molar-refractivity contribution in [3.8, 4) is 0 Å². The number of hydrogen-bond acceptors (Lipinski definition) is 5. The molecule has 3 aromatic rings. The Morgan fingerprint density at radius 3 is 3.15 bits per heavy atom. The zero-order valence-corrected chi connectivity index (χ0v) is 12.3. The average molecular weight is 307 g/mol. The van der Waals surface area contributed by atoms with Crippen LogP contribution in [0, 0.1) is 0 Å². The van der Waals surface area contributed by atoms with Crippen LogP contribution < -0.4 is 5.48 Å². The third-order valence-corrected chi connectivity index (χ3v) is 5.36. The van der Waals surface area contributed by atoms with Crippen LogP contribution in [-0.2, 0) is 4.84 Å². The van der Waals surface area contributed by atoms with E-state index in [1.54, 1.807) is 11.3 Å². The van der Waals surface area contributed by atoms with Gasteiger partial charge in [-0.15, -0.1) is 22.7 Å². The molecule has 0 aliphatic heterocycles. The second-order valence-corrected chi connectivity index (χ2v) is 6.83. The predicted octanol–water partition coefficient (Wildman–Crippen LogP) is 3.21. The van der Waals surface area contributed by atoms with Crippen LogP contribution in [-0.4, -0.2) is 21.4 Å². The molecule has 0 saturated heterocycles. The average Bonchev–Trinajstić information content (AvgIpc) is 3.17. The van der Waals surface area contributed by atoms with Gasteiger partial charge in [-0.3, -0.25) is 14.0 Å². The minimum atomic E-state index is -0.177. The molecule has 1 saturated carbocycles. The summed E-state index contributed by atoms with van der Waals surface area (Å²) in [5.41, 5.74) is 3.55. The van der Waals surface area contributed by atoms with E-state index in [-0.39, 0.29) is 12.0 Å². The Morgan fingerprint density at radius 1 is 1.45 bits per heavy atom. The summed E-state index contributed by atoms with van der Waals surface area (Å²) < 4.78 is 2.01. The van der Waals surface area contributed by atoms with Crippen LogP contribution in [0.1, 0.15) is 35.4 Å². The number of thiazole rings is 1. The fourth-order valence-electron chi connectivity index (χ4n) is 2.55. The van der Waals surface area contributed by atoms with Gasteiger partial charge in [-0.05, 0) is 18.9 Å². The Labute approximate surface area is 123 Å². The van der Waals surface area contributed by atoms with E-state index in [0.717, 1.165) is 28.1 Å². The van der Waals surface area contributed by atoms with E-state index in [9.17, 15) is 4.79 Å². The van der Waals surface area contributed by atoms with Crippen molar-refractivity contribution in [1.29, 1.82) is 0 Å². The lowest BCUT2D eigenvalue weighted by molar-refractivity contribution is -0.0122. The molecule has 1 aliphatic rings. The quantitative estimate of drug-likeness (QED) is 0.756. The SMILES string of the molecule is O=C(NOC1CCCC1)c1cc2c(nc3sccn32)s1. The number of nitrogens with one attached hydrogen (secondary N) is 1. The molecule has 104 valence electrons. The molecule has 0 spiro atoms. The first-order valence-corrected chi connectivity index (χ1v) is 8.32. The Morgan fingerprint density at radius 2 is 2.30 bits per heavy atom. The van der Waals surface area contributed by atoms with Crippen molar-refractivity contribution in [2.75, 3.05) is 0 Å². The number of thiophene rings is 1. The molecule has 0 bridgehead atoms. The van der Waals surface area contributed by atoms with E-state index in [1.165, 1.54) is 24.2 Å². The van der Waals surface area contributed by atoms with Crippen molar-refractivity contribution < 1.29 is 9.63 Å². The van der Waals surface area contributed by atoms with Crippen molar-refractivity contribution in [2.24, 2.45) is 0 Å². The summed E-state index contributed by atoms with van der Waals surface area (Å²) in [5.74, 6) is -0.177. The summed E-state index contributed by atoms with van der Waals surface area (Å²) in [6.45, 7) is 0. The summed E-state index contributed by atoms with van der Waals surface area (Å²) in [4.78, 5) is 24.5. The highest BCUT2D eigenvalue weighted by Crippen LogP contribution is 2.28. The van der Waals surface area contributed by atoms with Crippen molar-refractivity contribution in [3.05, 3.63) is 22.5 Å². The van der Waals surface area contributed by atoms with E-state index in [4.69, 9.17) is 4.84 Å². The molecule has 0 atom stereocenters. The first-order valence-electron chi connectivity index (χ1n) is 6.62. The van der Waals surface area contributed by atoms with Crippen LogP contribution in [0.5, 0.6) is 0 Å². The third-order valence-electron chi connectivity index (χ3n) is 3.58. The monoisotopic (exact) mass is 307 g/mol. The van der Waals surface area contributed by atoms with Crippen LogP contribution >= 0.6 is 22.7 Å². The smallest absolute Gasteiger partial charge is 0.285 e. The summed E-state index contributed by atoms with van der Waals surface area (Å²) in [7, 11) is 0. The molecule has 1 amide bonds. The molecule has 5 nitrogen and oxygen atoms in total. The largest absolute Gasteiger partial charge is 0.289 e. The van der Waals surface area contributed by atoms with E-state index in [2.05, 4.69) is 10.5 Å². The number of nitrogens with zero attached hydrogens (tertiary/aromatic N) is 2. The van der Waals surface area contributed by atoms with Crippen LogP contribution in [0.4, 0.5) is 0 Å². The first kappa shape index (κ1) is 12.3. The van der Waals surface area contributed by atoms with Gasteiger partial charge in [0.15, 0.2) is 4.96 Å². The second kappa shape index (κ2) is 4.83. The summed E-state index contributed by atoms with van der Waals surface area (Å²) >= 11 is 2.99. The molecular weight excluding hydrogens is 294 g/mol. The zero-order valence-electron chi connectivity index (χ0n) is 10.7. The van der Waals surface area contributed by atoms with Gasteiger partial charge in [0.05, 0.1) is 16.5 Å². The lowest BCUT2D eigenvalue weighted by atomic mass is 10.3. The second-order valence-electron chi connectivity index (χ2n) is 4.92. The zero-order chi connectivity index (χ0) is 13.5. The topological polar surface area (TPSA) is 55.6 Å². The van der Waals surface area contributed by atoms with Crippen LogP contribution in [0.2, 0.25) is 0 Å². The molecule has 0 unspecified atom stereocenters. The molecule has 1 N–H and O–H groups in total. The molecule has 7 heteroatoms. The van der Waals surface area contributed by atoms with Gasteiger partial charge in [0.1, 0.15) is 4.83 Å². The third kappa shape index (κ3) is 2.02. The highest BCUT2D eigenvalue weighted by Gasteiger charge is 2.19. The first-order chi connectivity index (χ1) is 9.81. The predicted molar refractivity (Wildman–Crippen MR) is 79.3 cm³/mol. The fraction of sp³-hybridized carbons (Fsp3) is 0.385. The molecule has 3 heterocycles. The van der Waals surface area contributed by atoms with Crippen LogP contribution in [0.25, 0.3) is 15.3 Å². The van der Waals surface area contributed by atoms with E-state index < -0.39 is 0 Å². The number of aromatic nitrogens is 2. The summed E-state index contributed by atoms with van der Waals surface area (Å²) in [6.07, 6.45) is 6.58. The number of carbonyl (C=O) groups excluding carboxylic acids is 1. The number of imidazole rings is 1. The van der Waals surface area contributed by atoms with Gasteiger partial charge < -0.3 is 0 Å². The molecule has 4 rings (SSSR count). The number of hydroxylamine groups is 1. The molecule has 0 aromatic carbocycles. The standard InChI is InChI=1S/C13H13N3O2S2/c17-11(15-18-8-3-1-2-4-8)10-7-9-12(20-10)14-13-16(9)5-6-19-13/h5-8H,1-4H2,(H,15,17). The molecule has 1 fully saturated rings. The Kier molecular flexibility index (Phi) is 2.98. The number of fused-ring (bicyclic) bond motifs is 3. The Bertz CT molecular complexity index is 767. The Balaban J connectivity index is 1.54. The molecule has 20 heavy (non-hydrogen) atoms. The molecule has 1 aliphatic carbocycles. The minimum Gasteiger partial charge on any atom is -0.289 e. The molecular formula is C13H13N3O2S2. The fourth-order valence-corrected chi connectivity index (χ4v) is 4.24. The van der Waals surface area contributed by atoms with Gasteiger partial charge in [0.2, 0.25) is 0 Å². The highest BCUT2D eigenvalue weighted by atomic mass is 32.1. The number of rotatable bonds is 3. The number of carbonyl (C=O) groups is 1. The van der Waals surface area contributed by atoms with Gasteiger partial charge in [-0.25, -0.2) is 10.5 Å². The van der Waals surface area contributed by atoms with Crippen molar-refractivity contribution in [3.63, 3.8) is 0 Å². The van der Waals surface area contributed by atoms with Gasteiger partial charge >= 0.3 is 0 Å². The summed E-state index contributed by atoms with van der Waals surface area (Å²) in [6, 6.07) is 1.88. The van der Waals surface area contributed by atoms with Gasteiger partial charge in [-0.2, -0.15) is 0 Å². The number of hydrogen-bond donors (Lipinski definition) is 1. The maximum absolute atomic E-state index is 12.1. The van der Waals surface area contributed by atoms with Crippen molar-refractivity contribution in [2.45, 2.75) is 31.8 Å². The normalized spacial score (nSPS) is 16.4. The maximum Gasteiger partial charge on any atom is 0.285 e. The Hall–Kier alpha value is -1.44. The summed E-state index contributed by atoms with van der Waals surface area (Å²) in [5, 5.41) is 1.99. The lowest BCUT2D eigenvalue weighted by Crippen LogP contribution is -2.27. The van der Waals surface area contributed by atoms with Crippen LogP contribution in [0.15, 0.2) is 17.6 Å².